The zero-order valence-corrected chi connectivity index (χ0v) is 27.4. The number of phosphoric acid groups is 1. The molecule has 0 saturated heterocycles. The number of amides is 1. The number of hydrogen-bond acceptors (Lipinski definition) is 6. The molecule has 0 spiro atoms. The zero-order valence-electron chi connectivity index (χ0n) is 26.5. The number of phosphoric ester groups is 1. The van der Waals surface area contributed by atoms with Crippen LogP contribution < -0.4 is 10.2 Å². The number of carbonyl (C=O) groups is 1. The molecule has 40 heavy (non-hydrogen) atoms. The highest BCUT2D eigenvalue weighted by Crippen LogP contribution is 2.38. The van der Waals surface area contributed by atoms with Crippen LogP contribution >= 0.6 is 7.82 Å². The van der Waals surface area contributed by atoms with E-state index in [4.69, 9.17) is 9.05 Å². The van der Waals surface area contributed by atoms with Crippen LogP contribution in [-0.2, 0) is 18.4 Å². The number of hydrogen-bond donors (Lipinski definition) is 2. The molecule has 238 valence electrons. The Hall–Kier alpha value is -0.760. The van der Waals surface area contributed by atoms with Crippen LogP contribution in [-0.4, -0.2) is 68.5 Å². The van der Waals surface area contributed by atoms with Crippen LogP contribution in [0.4, 0.5) is 0 Å². The average Bonchev–Trinajstić information content (AvgIpc) is 2.89. The first-order chi connectivity index (χ1) is 19.0. The third-order valence-electron chi connectivity index (χ3n) is 7.06. The molecule has 8 nitrogen and oxygen atoms in total. The number of aliphatic hydroxyl groups excluding tert-OH is 1. The van der Waals surface area contributed by atoms with Gasteiger partial charge in [0.2, 0.25) is 5.91 Å². The van der Waals surface area contributed by atoms with Gasteiger partial charge < -0.3 is 28.8 Å². The van der Waals surface area contributed by atoms with Gasteiger partial charge in [-0.05, 0) is 12.8 Å². The second-order valence-corrected chi connectivity index (χ2v) is 13.5. The molecule has 2 N–H and O–H groups in total. The van der Waals surface area contributed by atoms with E-state index in [1.54, 1.807) is 13.0 Å². The second-order valence-electron chi connectivity index (χ2n) is 12.1. The molecule has 0 radical (unpaired) electrons. The number of aliphatic hydroxyl groups is 1. The van der Waals surface area contributed by atoms with Crippen LogP contribution in [0.1, 0.15) is 129 Å². The molecule has 0 fully saturated rings. The lowest BCUT2D eigenvalue weighted by atomic mass is 10.0. The van der Waals surface area contributed by atoms with Crippen LogP contribution in [0.15, 0.2) is 12.2 Å². The van der Waals surface area contributed by atoms with Gasteiger partial charge in [0, 0.05) is 6.42 Å². The van der Waals surface area contributed by atoms with Gasteiger partial charge in [-0.25, -0.2) is 0 Å². The van der Waals surface area contributed by atoms with Gasteiger partial charge in [0.25, 0.3) is 7.82 Å². The van der Waals surface area contributed by atoms with Crippen LogP contribution in [0.5, 0.6) is 0 Å². The number of rotatable bonds is 28. The van der Waals surface area contributed by atoms with Crippen LogP contribution in [0, 0.1) is 0 Å². The minimum atomic E-state index is -4.54. The van der Waals surface area contributed by atoms with Gasteiger partial charge in [0.05, 0.1) is 39.9 Å². The highest BCUT2D eigenvalue weighted by Gasteiger charge is 2.22. The first-order valence-electron chi connectivity index (χ1n) is 16.1. The summed E-state index contributed by atoms with van der Waals surface area (Å²) >= 11 is 0. The van der Waals surface area contributed by atoms with Gasteiger partial charge in [-0.2, -0.15) is 0 Å². The Bertz CT molecular complexity index is 683. The van der Waals surface area contributed by atoms with Gasteiger partial charge in [0.15, 0.2) is 0 Å². The fourth-order valence-corrected chi connectivity index (χ4v) is 5.07. The molecule has 3 unspecified atom stereocenters. The van der Waals surface area contributed by atoms with E-state index < -0.39 is 20.0 Å². The van der Waals surface area contributed by atoms with Gasteiger partial charge in [-0.3, -0.25) is 9.36 Å². The molecule has 3 atom stereocenters. The summed E-state index contributed by atoms with van der Waals surface area (Å²) in [5.41, 5.74) is 0. The summed E-state index contributed by atoms with van der Waals surface area (Å²) in [5.74, 6) is -0.287. The van der Waals surface area contributed by atoms with E-state index in [9.17, 15) is 19.4 Å². The lowest BCUT2D eigenvalue weighted by Crippen LogP contribution is -2.45. The molecule has 0 aliphatic heterocycles. The molecule has 0 aliphatic rings. The van der Waals surface area contributed by atoms with E-state index in [0.717, 1.165) is 19.3 Å². The molecule has 9 heteroatoms. The summed E-state index contributed by atoms with van der Waals surface area (Å²) in [4.78, 5) is 24.0. The van der Waals surface area contributed by atoms with Crippen molar-refractivity contribution in [3.63, 3.8) is 0 Å². The highest BCUT2D eigenvalue weighted by atomic mass is 31.2. The largest absolute Gasteiger partial charge is 0.756 e. The van der Waals surface area contributed by atoms with Gasteiger partial charge >= 0.3 is 0 Å². The summed E-state index contributed by atoms with van der Waals surface area (Å²) < 4.78 is 22.5. The summed E-state index contributed by atoms with van der Waals surface area (Å²) in [6, 6.07) is -0.876. The molecule has 0 aromatic heterocycles. The molecule has 0 bridgehead atoms. The summed E-state index contributed by atoms with van der Waals surface area (Å²) in [6.45, 7) is 4.07. The van der Waals surface area contributed by atoms with Crippen molar-refractivity contribution in [2.45, 2.75) is 142 Å². The first-order valence-corrected chi connectivity index (χ1v) is 17.5. The van der Waals surface area contributed by atoms with E-state index in [0.29, 0.717) is 11.0 Å². The summed E-state index contributed by atoms with van der Waals surface area (Å²) in [6.07, 6.45) is 24.8. The van der Waals surface area contributed by atoms with Crippen molar-refractivity contribution in [2.75, 3.05) is 40.9 Å². The van der Waals surface area contributed by atoms with E-state index in [1.165, 1.54) is 89.9 Å². The molecule has 1 amide bonds. The summed E-state index contributed by atoms with van der Waals surface area (Å²) in [5, 5.41) is 13.2. The van der Waals surface area contributed by atoms with Gasteiger partial charge in [-0.1, -0.05) is 122 Å². The Morgan fingerprint density at radius 2 is 1.32 bits per heavy atom. The fourth-order valence-electron chi connectivity index (χ4n) is 4.35. The van der Waals surface area contributed by atoms with E-state index in [2.05, 4.69) is 12.2 Å². The quantitative estimate of drug-likeness (QED) is 0.0457. The van der Waals surface area contributed by atoms with E-state index in [-0.39, 0.29) is 25.5 Å². The molecular formula is C31H63N2O6P. The molecule has 0 aromatic carbocycles. The van der Waals surface area contributed by atoms with Crippen molar-refractivity contribution in [3.8, 4) is 0 Å². The maximum Gasteiger partial charge on any atom is 0.268 e. The Labute approximate surface area is 246 Å². The molecular weight excluding hydrogens is 527 g/mol. The lowest BCUT2D eigenvalue weighted by Gasteiger charge is -2.29. The van der Waals surface area contributed by atoms with Crippen molar-refractivity contribution in [1.82, 2.24) is 5.32 Å². The number of nitrogens with one attached hydrogen (secondary N) is 1. The fraction of sp³-hybridized carbons (Fsp3) is 0.903. The minimum absolute atomic E-state index is 0.00196. The van der Waals surface area contributed by atoms with Gasteiger partial charge in [0.1, 0.15) is 13.2 Å². The number of carbonyl (C=O) groups excluding carboxylic acids is 1. The second kappa shape index (κ2) is 24.8. The number of unbranched alkanes of at least 4 members (excludes halogenated alkanes) is 16. The third kappa shape index (κ3) is 26.2. The Morgan fingerprint density at radius 3 is 1.77 bits per heavy atom. The van der Waals surface area contributed by atoms with Crippen LogP contribution in [0.25, 0.3) is 0 Å². The number of quaternary nitrogens is 1. The Kier molecular flexibility index (Phi) is 24.3. The Morgan fingerprint density at radius 1 is 0.850 bits per heavy atom. The first kappa shape index (κ1) is 39.2. The third-order valence-corrected chi connectivity index (χ3v) is 8.03. The standard InChI is InChI=1S/C31H63N2O6P/c1-6-8-9-10-11-12-13-14-15-16-17-18-19-20-21-22-23-24-25-30(34)29(32-31(35)7-2)28-39-40(36,37)38-27-26-33(3,4)5/h24-25,29-30,34H,6-23,26-28H2,1-5H3,(H-,32,35,36,37)/b25-24+. The van der Waals surface area contributed by atoms with Crippen molar-refractivity contribution in [3.05, 3.63) is 12.2 Å². The number of allylic oxidation sites excluding steroid dienone is 1. The molecule has 0 rings (SSSR count). The predicted octanol–water partition coefficient (Wildman–Crippen LogP) is 6.66. The van der Waals surface area contributed by atoms with E-state index >= 15 is 0 Å². The van der Waals surface area contributed by atoms with Crippen molar-refractivity contribution in [1.29, 1.82) is 0 Å². The number of nitrogens with zero attached hydrogens (tertiary/aromatic N) is 1. The topological polar surface area (TPSA) is 108 Å². The molecule has 0 aromatic rings. The van der Waals surface area contributed by atoms with Crippen molar-refractivity contribution >= 4 is 13.7 Å². The molecule has 0 aliphatic carbocycles. The van der Waals surface area contributed by atoms with Crippen molar-refractivity contribution in [2.24, 2.45) is 0 Å². The smallest absolute Gasteiger partial charge is 0.268 e. The predicted molar refractivity (Wildman–Crippen MR) is 164 cm³/mol. The number of likely N-dealkylation sites (N-methyl/N-ethyl adjacent to an activating group) is 1. The average molecular weight is 591 g/mol. The normalized spacial score (nSPS) is 15.3. The maximum absolute atomic E-state index is 12.1. The highest BCUT2D eigenvalue weighted by molar-refractivity contribution is 7.45. The molecule has 0 saturated carbocycles. The summed E-state index contributed by atoms with van der Waals surface area (Å²) in [7, 11) is 1.25. The minimum Gasteiger partial charge on any atom is -0.756 e. The van der Waals surface area contributed by atoms with Crippen molar-refractivity contribution < 1.29 is 32.9 Å². The monoisotopic (exact) mass is 590 g/mol. The zero-order chi connectivity index (χ0) is 30.1. The Balaban J connectivity index is 4.03. The van der Waals surface area contributed by atoms with Gasteiger partial charge in [-0.15, -0.1) is 0 Å². The van der Waals surface area contributed by atoms with Crippen LogP contribution in [0.2, 0.25) is 0 Å². The van der Waals surface area contributed by atoms with E-state index in [1.807, 2.05) is 27.2 Å². The SMILES string of the molecule is CCCCCCCCCCCCCCCCCC/C=C/C(O)C(COP(=O)([O-])OCC[N+](C)(C)C)NC(=O)CC. The molecule has 0 heterocycles. The van der Waals surface area contributed by atoms with Crippen LogP contribution in [0.3, 0.4) is 0 Å². The lowest BCUT2D eigenvalue weighted by molar-refractivity contribution is -0.870. The maximum atomic E-state index is 12.1.